The zero-order valence-corrected chi connectivity index (χ0v) is 8.28. The molecule has 1 aromatic rings. The van der Waals surface area contributed by atoms with Crippen LogP contribution in [0.1, 0.15) is 26.3 Å². The summed E-state index contributed by atoms with van der Waals surface area (Å²) in [5, 5.41) is 12.2. The highest BCUT2D eigenvalue weighted by Crippen LogP contribution is 2.21. The first-order valence-corrected chi connectivity index (χ1v) is 4.33. The van der Waals surface area contributed by atoms with Gasteiger partial charge in [0, 0.05) is 5.41 Å². The zero-order valence-electron chi connectivity index (χ0n) is 8.28. The minimum absolute atomic E-state index is 0.129. The first kappa shape index (κ1) is 9.78. The van der Waals surface area contributed by atoms with Gasteiger partial charge in [0.1, 0.15) is 0 Å². The lowest BCUT2D eigenvalue weighted by Crippen LogP contribution is -2.21. The molecule has 1 N–H and O–H groups in total. The van der Waals surface area contributed by atoms with Crippen LogP contribution in [-0.4, -0.2) is 10.9 Å². The Hall–Kier alpha value is -1.31. The molecule has 0 aliphatic heterocycles. The number of benzene rings is 1. The van der Waals surface area contributed by atoms with Gasteiger partial charge >= 0.3 is 0 Å². The van der Waals surface area contributed by atoms with Gasteiger partial charge in [-0.2, -0.15) is 0 Å². The van der Waals surface area contributed by atoms with Crippen LogP contribution in [0.4, 0.5) is 0 Å². The smallest absolute Gasteiger partial charge is 0.0921 e. The maximum atomic E-state index is 8.90. The zero-order chi connectivity index (χ0) is 9.90. The first-order valence-electron chi connectivity index (χ1n) is 4.33. The summed E-state index contributed by atoms with van der Waals surface area (Å²) >= 11 is 0. The average molecular weight is 177 g/mol. The number of nitrogens with zero attached hydrogens (tertiary/aromatic N) is 1. The Labute approximate surface area is 78.9 Å². The van der Waals surface area contributed by atoms with E-state index in [4.69, 9.17) is 5.21 Å². The molecule has 0 saturated carbocycles. The molecule has 0 radical (unpaired) electrons. The van der Waals surface area contributed by atoms with Gasteiger partial charge in [0.25, 0.3) is 0 Å². The van der Waals surface area contributed by atoms with Crippen molar-refractivity contribution in [1.82, 2.24) is 0 Å². The standard InChI is InChI=1S/C11H15NO/c1-11(2,3)10(12-13)9-7-5-4-6-8-9/h4-8,13H,1-3H3/b12-10+. The van der Waals surface area contributed by atoms with Crippen LogP contribution in [0.15, 0.2) is 35.5 Å². The molecule has 0 aliphatic carbocycles. The van der Waals surface area contributed by atoms with Gasteiger partial charge in [-0.3, -0.25) is 0 Å². The molecular formula is C11H15NO. The Bertz CT molecular complexity index is 296. The minimum Gasteiger partial charge on any atom is -0.411 e. The second-order valence-corrected chi connectivity index (χ2v) is 4.06. The molecule has 0 saturated heterocycles. The SMILES string of the molecule is CC(C)(C)/C(=N/O)c1ccccc1. The van der Waals surface area contributed by atoms with E-state index in [1.165, 1.54) is 0 Å². The van der Waals surface area contributed by atoms with E-state index in [0.29, 0.717) is 5.71 Å². The number of hydrogen-bond acceptors (Lipinski definition) is 2. The van der Waals surface area contributed by atoms with Crippen molar-refractivity contribution >= 4 is 5.71 Å². The molecule has 0 fully saturated rings. The Balaban J connectivity index is 3.08. The Kier molecular flexibility index (Phi) is 2.71. The first-order chi connectivity index (χ1) is 6.05. The fourth-order valence-electron chi connectivity index (χ4n) is 1.24. The van der Waals surface area contributed by atoms with Crippen LogP contribution in [0.25, 0.3) is 0 Å². The van der Waals surface area contributed by atoms with E-state index in [-0.39, 0.29) is 5.41 Å². The van der Waals surface area contributed by atoms with Crippen molar-refractivity contribution in [2.24, 2.45) is 10.6 Å². The highest BCUT2D eigenvalue weighted by Gasteiger charge is 2.20. The van der Waals surface area contributed by atoms with Crippen molar-refractivity contribution in [1.29, 1.82) is 0 Å². The van der Waals surface area contributed by atoms with Gasteiger partial charge in [0.15, 0.2) is 0 Å². The van der Waals surface area contributed by atoms with E-state index in [0.717, 1.165) is 5.56 Å². The summed E-state index contributed by atoms with van der Waals surface area (Å²) in [4.78, 5) is 0. The molecule has 1 rings (SSSR count). The summed E-state index contributed by atoms with van der Waals surface area (Å²) in [5.41, 5.74) is 1.56. The quantitative estimate of drug-likeness (QED) is 0.399. The molecule has 0 aliphatic rings. The van der Waals surface area contributed by atoms with Crippen molar-refractivity contribution in [2.45, 2.75) is 20.8 Å². The van der Waals surface area contributed by atoms with Crippen molar-refractivity contribution in [3.05, 3.63) is 35.9 Å². The topological polar surface area (TPSA) is 32.6 Å². The summed E-state index contributed by atoms with van der Waals surface area (Å²) < 4.78 is 0. The molecule has 0 heterocycles. The molecule has 0 spiro atoms. The van der Waals surface area contributed by atoms with Gasteiger partial charge in [-0.25, -0.2) is 0 Å². The van der Waals surface area contributed by atoms with Gasteiger partial charge < -0.3 is 5.21 Å². The Morgan fingerprint density at radius 3 is 2.08 bits per heavy atom. The summed E-state index contributed by atoms with van der Waals surface area (Å²) in [6.07, 6.45) is 0. The van der Waals surface area contributed by atoms with Gasteiger partial charge in [-0.1, -0.05) is 56.3 Å². The second-order valence-electron chi connectivity index (χ2n) is 4.06. The number of oxime groups is 1. The molecule has 0 unspecified atom stereocenters. The Morgan fingerprint density at radius 2 is 1.69 bits per heavy atom. The van der Waals surface area contributed by atoms with Gasteiger partial charge in [-0.05, 0) is 5.56 Å². The van der Waals surface area contributed by atoms with Crippen LogP contribution in [-0.2, 0) is 0 Å². The molecule has 0 bridgehead atoms. The third kappa shape index (κ3) is 2.31. The molecule has 0 amide bonds. The summed E-state index contributed by atoms with van der Waals surface area (Å²) in [5.74, 6) is 0. The minimum atomic E-state index is -0.129. The van der Waals surface area contributed by atoms with Crippen LogP contribution >= 0.6 is 0 Å². The molecule has 0 atom stereocenters. The fraction of sp³-hybridized carbons (Fsp3) is 0.364. The van der Waals surface area contributed by atoms with E-state index < -0.39 is 0 Å². The van der Waals surface area contributed by atoms with E-state index in [9.17, 15) is 0 Å². The third-order valence-corrected chi connectivity index (χ3v) is 1.86. The molecule has 13 heavy (non-hydrogen) atoms. The predicted octanol–water partition coefficient (Wildman–Crippen LogP) is 2.91. The lowest BCUT2D eigenvalue weighted by atomic mass is 9.86. The number of rotatable bonds is 1. The number of hydrogen-bond donors (Lipinski definition) is 1. The van der Waals surface area contributed by atoms with Gasteiger partial charge in [0.05, 0.1) is 5.71 Å². The van der Waals surface area contributed by atoms with Crippen molar-refractivity contribution < 1.29 is 5.21 Å². The molecule has 2 nitrogen and oxygen atoms in total. The summed E-state index contributed by atoms with van der Waals surface area (Å²) in [7, 11) is 0. The predicted molar refractivity (Wildman–Crippen MR) is 54.2 cm³/mol. The highest BCUT2D eigenvalue weighted by atomic mass is 16.4. The summed E-state index contributed by atoms with van der Waals surface area (Å²) in [6.45, 7) is 6.07. The molecule has 70 valence electrons. The maximum absolute atomic E-state index is 8.90. The molecular weight excluding hydrogens is 162 g/mol. The van der Waals surface area contributed by atoms with Crippen molar-refractivity contribution in [3.8, 4) is 0 Å². The largest absolute Gasteiger partial charge is 0.411 e. The van der Waals surface area contributed by atoms with Crippen LogP contribution in [0.3, 0.4) is 0 Å². The van der Waals surface area contributed by atoms with Crippen molar-refractivity contribution in [2.75, 3.05) is 0 Å². The fourth-order valence-corrected chi connectivity index (χ4v) is 1.24. The van der Waals surface area contributed by atoms with E-state index in [1.54, 1.807) is 0 Å². The monoisotopic (exact) mass is 177 g/mol. The molecule has 0 aromatic heterocycles. The second kappa shape index (κ2) is 3.60. The van der Waals surface area contributed by atoms with E-state index >= 15 is 0 Å². The van der Waals surface area contributed by atoms with Gasteiger partial charge in [0.2, 0.25) is 0 Å². The highest BCUT2D eigenvalue weighted by molar-refractivity contribution is 6.03. The maximum Gasteiger partial charge on any atom is 0.0921 e. The van der Waals surface area contributed by atoms with Gasteiger partial charge in [-0.15, -0.1) is 0 Å². The normalized spacial score (nSPS) is 13.0. The molecule has 2 heteroatoms. The lowest BCUT2D eigenvalue weighted by molar-refractivity contribution is 0.311. The van der Waals surface area contributed by atoms with Crippen LogP contribution in [0.2, 0.25) is 0 Å². The van der Waals surface area contributed by atoms with Crippen LogP contribution < -0.4 is 0 Å². The third-order valence-electron chi connectivity index (χ3n) is 1.86. The Morgan fingerprint density at radius 1 is 1.15 bits per heavy atom. The van der Waals surface area contributed by atoms with Crippen molar-refractivity contribution in [3.63, 3.8) is 0 Å². The molecule has 1 aromatic carbocycles. The van der Waals surface area contributed by atoms with Crippen LogP contribution in [0, 0.1) is 5.41 Å². The van der Waals surface area contributed by atoms with Crippen LogP contribution in [0.5, 0.6) is 0 Å². The lowest BCUT2D eigenvalue weighted by Gasteiger charge is -2.19. The van der Waals surface area contributed by atoms with E-state index in [1.807, 2.05) is 51.1 Å². The van der Waals surface area contributed by atoms with E-state index in [2.05, 4.69) is 5.16 Å². The summed E-state index contributed by atoms with van der Waals surface area (Å²) in [6, 6.07) is 9.71. The average Bonchev–Trinajstić information content (AvgIpc) is 2.05.